The molecule has 0 aromatic carbocycles. The number of carbonyl (C=O) groups is 1. The zero-order valence-electron chi connectivity index (χ0n) is 16.2. The first-order valence-corrected chi connectivity index (χ1v) is 9.85. The fourth-order valence-electron chi connectivity index (χ4n) is 2.94. The molecular formula is C19H38N4O. The number of carbonyl (C=O) groups excluding carboxylic acids is 1. The molecule has 24 heavy (non-hydrogen) atoms. The second-order valence-electron chi connectivity index (χ2n) is 7.32. The Bertz CT molecular complexity index is 382. The van der Waals surface area contributed by atoms with Gasteiger partial charge in [0.05, 0.1) is 0 Å². The minimum Gasteiger partial charge on any atom is -0.357 e. The molecule has 1 atom stereocenters. The van der Waals surface area contributed by atoms with Gasteiger partial charge in [0, 0.05) is 38.6 Å². The van der Waals surface area contributed by atoms with E-state index in [2.05, 4.69) is 43.3 Å². The average Bonchev–Trinajstić information content (AvgIpc) is 2.74. The molecule has 1 amide bonds. The number of aliphatic imine (C=N–C) groups is 1. The van der Waals surface area contributed by atoms with Gasteiger partial charge in [-0.3, -0.25) is 9.79 Å². The van der Waals surface area contributed by atoms with Crippen molar-refractivity contribution < 1.29 is 4.79 Å². The Morgan fingerprint density at radius 2 is 2.00 bits per heavy atom. The van der Waals surface area contributed by atoms with E-state index in [1.54, 1.807) is 0 Å². The lowest BCUT2D eigenvalue weighted by Gasteiger charge is -2.20. The van der Waals surface area contributed by atoms with Crippen LogP contribution >= 0.6 is 0 Å². The lowest BCUT2D eigenvalue weighted by Crippen LogP contribution is -2.42. The van der Waals surface area contributed by atoms with E-state index < -0.39 is 0 Å². The minimum absolute atomic E-state index is 0.323. The number of guanidine groups is 1. The van der Waals surface area contributed by atoms with E-state index in [4.69, 9.17) is 0 Å². The van der Waals surface area contributed by atoms with Crippen molar-refractivity contribution in [2.75, 3.05) is 26.2 Å². The summed E-state index contributed by atoms with van der Waals surface area (Å²) in [6, 6.07) is 0.428. The molecule has 1 heterocycles. The third-order valence-electron chi connectivity index (χ3n) is 4.43. The van der Waals surface area contributed by atoms with E-state index in [0.29, 0.717) is 11.9 Å². The van der Waals surface area contributed by atoms with Gasteiger partial charge in [-0.2, -0.15) is 0 Å². The number of nitrogens with one attached hydrogen (secondary N) is 2. The molecule has 1 saturated heterocycles. The van der Waals surface area contributed by atoms with Crippen LogP contribution in [0.3, 0.4) is 0 Å². The zero-order valence-corrected chi connectivity index (χ0v) is 16.2. The Balaban J connectivity index is 2.34. The van der Waals surface area contributed by atoms with Crippen LogP contribution in [0, 0.1) is 5.92 Å². The van der Waals surface area contributed by atoms with E-state index >= 15 is 0 Å². The van der Waals surface area contributed by atoms with Gasteiger partial charge in [0.2, 0.25) is 5.91 Å². The molecule has 0 aromatic rings. The van der Waals surface area contributed by atoms with Crippen LogP contribution in [0.25, 0.3) is 0 Å². The summed E-state index contributed by atoms with van der Waals surface area (Å²) in [6.07, 6.45) is 7.42. The Morgan fingerprint density at radius 1 is 1.21 bits per heavy atom. The van der Waals surface area contributed by atoms with Gasteiger partial charge in [-0.1, -0.05) is 20.3 Å². The van der Waals surface area contributed by atoms with Crippen molar-refractivity contribution in [3.8, 4) is 0 Å². The number of likely N-dealkylation sites (tertiary alicyclic amines) is 1. The van der Waals surface area contributed by atoms with Crippen LogP contribution in [0.5, 0.6) is 0 Å². The molecule has 0 aliphatic carbocycles. The van der Waals surface area contributed by atoms with Gasteiger partial charge in [0.25, 0.3) is 0 Å². The lowest BCUT2D eigenvalue weighted by atomic mass is 10.0. The van der Waals surface area contributed by atoms with E-state index in [-0.39, 0.29) is 0 Å². The van der Waals surface area contributed by atoms with E-state index in [1.165, 1.54) is 12.8 Å². The van der Waals surface area contributed by atoms with E-state index in [9.17, 15) is 4.79 Å². The monoisotopic (exact) mass is 338 g/mol. The Kier molecular flexibility index (Phi) is 10.5. The highest BCUT2D eigenvalue weighted by atomic mass is 16.2. The van der Waals surface area contributed by atoms with Gasteiger partial charge in [-0.25, -0.2) is 0 Å². The second-order valence-corrected chi connectivity index (χ2v) is 7.32. The molecule has 1 fully saturated rings. The predicted molar refractivity (Wildman–Crippen MR) is 102 cm³/mol. The number of nitrogens with zero attached hydrogens (tertiary/aromatic N) is 2. The lowest BCUT2D eigenvalue weighted by molar-refractivity contribution is -0.130. The molecule has 0 spiro atoms. The van der Waals surface area contributed by atoms with Crippen LogP contribution in [-0.2, 0) is 4.79 Å². The normalized spacial score (nSPS) is 17.8. The van der Waals surface area contributed by atoms with E-state index in [1.807, 2.05) is 4.90 Å². The maximum Gasteiger partial charge on any atom is 0.222 e. The van der Waals surface area contributed by atoms with Crippen LogP contribution in [0.2, 0.25) is 0 Å². The van der Waals surface area contributed by atoms with Crippen LogP contribution < -0.4 is 10.6 Å². The van der Waals surface area contributed by atoms with Crippen molar-refractivity contribution in [1.82, 2.24) is 15.5 Å². The maximum atomic E-state index is 12.0. The van der Waals surface area contributed by atoms with Crippen molar-refractivity contribution in [1.29, 1.82) is 0 Å². The first-order chi connectivity index (χ1) is 11.5. The molecule has 140 valence electrons. The first kappa shape index (κ1) is 20.8. The number of amides is 1. The largest absolute Gasteiger partial charge is 0.357 e. The fourth-order valence-corrected chi connectivity index (χ4v) is 2.94. The quantitative estimate of drug-likeness (QED) is 0.386. The van der Waals surface area contributed by atoms with Gasteiger partial charge < -0.3 is 15.5 Å². The number of rotatable bonds is 9. The molecule has 2 N–H and O–H groups in total. The highest BCUT2D eigenvalue weighted by Crippen LogP contribution is 2.11. The number of hydrogen-bond acceptors (Lipinski definition) is 2. The third kappa shape index (κ3) is 9.14. The Morgan fingerprint density at radius 3 is 2.71 bits per heavy atom. The van der Waals surface area contributed by atoms with Gasteiger partial charge in [0.15, 0.2) is 5.96 Å². The van der Waals surface area contributed by atoms with Gasteiger partial charge >= 0.3 is 0 Å². The minimum atomic E-state index is 0.323. The summed E-state index contributed by atoms with van der Waals surface area (Å²) in [5, 5.41) is 6.81. The maximum absolute atomic E-state index is 12.0. The SMILES string of the molecule is CCNC(=NCCCN1CCCCCC1=O)NC(C)CCC(C)C. The van der Waals surface area contributed by atoms with Crippen molar-refractivity contribution in [3.63, 3.8) is 0 Å². The van der Waals surface area contributed by atoms with Crippen molar-refractivity contribution in [3.05, 3.63) is 0 Å². The second kappa shape index (κ2) is 12.2. The third-order valence-corrected chi connectivity index (χ3v) is 4.43. The fraction of sp³-hybridized carbons (Fsp3) is 0.895. The van der Waals surface area contributed by atoms with Gasteiger partial charge in [-0.05, 0) is 51.9 Å². The summed E-state index contributed by atoms with van der Waals surface area (Å²) in [7, 11) is 0. The molecule has 5 nitrogen and oxygen atoms in total. The molecule has 1 aliphatic rings. The van der Waals surface area contributed by atoms with Crippen LogP contribution in [0.15, 0.2) is 4.99 Å². The molecule has 0 aromatic heterocycles. The summed E-state index contributed by atoms with van der Waals surface area (Å²) in [5.74, 6) is 1.96. The molecule has 0 bridgehead atoms. The highest BCUT2D eigenvalue weighted by Gasteiger charge is 2.15. The topological polar surface area (TPSA) is 56.7 Å². The van der Waals surface area contributed by atoms with Crippen LogP contribution in [0.4, 0.5) is 0 Å². The summed E-state index contributed by atoms with van der Waals surface area (Å²) in [4.78, 5) is 18.7. The van der Waals surface area contributed by atoms with Crippen molar-refractivity contribution in [2.45, 2.75) is 78.7 Å². The summed E-state index contributed by atoms with van der Waals surface area (Å²) >= 11 is 0. The summed E-state index contributed by atoms with van der Waals surface area (Å²) in [5.41, 5.74) is 0. The van der Waals surface area contributed by atoms with Crippen molar-refractivity contribution >= 4 is 11.9 Å². The summed E-state index contributed by atoms with van der Waals surface area (Å²) in [6.45, 7) is 12.2. The molecule has 0 saturated carbocycles. The molecule has 0 radical (unpaired) electrons. The molecule has 1 aliphatic heterocycles. The molecule has 5 heteroatoms. The average molecular weight is 339 g/mol. The standard InChI is InChI=1S/C19H38N4O/c1-5-20-19(22-17(4)12-11-16(2)3)21-13-9-15-23-14-8-6-7-10-18(23)24/h16-17H,5-15H2,1-4H3,(H2,20,21,22). The van der Waals surface area contributed by atoms with E-state index in [0.717, 1.165) is 70.2 Å². The summed E-state index contributed by atoms with van der Waals surface area (Å²) < 4.78 is 0. The zero-order chi connectivity index (χ0) is 17.8. The molecular weight excluding hydrogens is 300 g/mol. The highest BCUT2D eigenvalue weighted by molar-refractivity contribution is 5.80. The van der Waals surface area contributed by atoms with Crippen LogP contribution in [-0.4, -0.2) is 49.0 Å². The Labute approximate surface area is 148 Å². The molecule has 1 unspecified atom stereocenters. The van der Waals surface area contributed by atoms with Gasteiger partial charge in [0.1, 0.15) is 0 Å². The smallest absolute Gasteiger partial charge is 0.222 e. The van der Waals surface area contributed by atoms with Crippen LogP contribution in [0.1, 0.15) is 72.6 Å². The molecule has 1 rings (SSSR count). The predicted octanol–water partition coefficient (Wildman–Crippen LogP) is 3.16. The Hall–Kier alpha value is -1.26. The van der Waals surface area contributed by atoms with Crippen molar-refractivity contribution in [2.24, 2.45) is 10.9 Å². The number of hydrogen-bond donors (Lipinski definition) is 2. The van der Waals surface area contributed by atoms with Gasteiger partial charge in [-0.15, -0.1) is 0 Å². The first-order valence-electron chi connectivity index (χ1n) is 9.85.